The molecule has 2 fully saturated rings. The lowest BCUT2D eigenvalue weighted by Gasteiger charge is -2.43. The van der Waals surface area contributed by atoms with Crippen LogP contribution in [-0.4, -0.2) is 58.7 Å². The Morgan fingerprint density at radius 3 is 3.00 bits per heavy atom. The number of imidazole rings is 1. The lowest BCUT2D eigenvalue weighted by molar-refractivity contribution is -0.0894. The minimum Gasteiger partial charge on any atom is -0.381 e. The second kappa shape index (κ2) is 5.82. The molecule has 0 bridgehead atoms. The number of amides is 1. The van der Waals surface area contributed by atoms with Crippen LogP contribution < -0.4 is 0 Å². The van der Waals surface area contributed by atoms with Crippen molar-refractivity contribution in [3.63, 3.8) is 0 Å². The highest BCUT2D eigenvalue weighted by Gasteiger charge is 2.53. The molecular weight excluding hydrogens is 326 g/mol. The second-order valence-corrected chi connectivity index (χ2v) is 7.64. The van der Waals surface area contributed by atoms with Crippen molar-refractivity contribution in [2.75, 3.05) is 20.8 Å². The van der Waals surface area contributed by atoms with E-state index in [1.54, 1.807) is 25.6 Å². The summed E-state index contributed by atoms with van der Waals surface area (Å²) in [6, 6.07) is 0.0669. The van der Waals surface area contributed by atoms with Crippen molar-refractivity contribution in [3.05, 3.63) is 23.0 Å². The van der Waals surface area contributed by atoms with Gasteiger partial charge in [-0.1, -0.05) is 0 Å². The first-order valence-electron chi connectivity index (χ1n) is 8.40. The summed E-state index contributed by atoms with van der Waals surface area (Å²) in [6.45, 7) is 2.63. The van der Waals surface area contributed by atoms with Gasteiger partial charge in [-0.2, -0.15) is 0 Å². The molecular formula is C17H23N3O3S. The molecule has 3 heterocycles. The Hall–Kier alpha value is -1.44. The molecule has 3 atom stereocenters. The molecule has 6 nitrogen and oxygen atoms in total. The molecule has 1 saturated carbocycles. The molecule has 1 saturated heterocycles. The third-order valence-electron chi connectivity index (χ3n) is 5.77. The number of hydrogen-bond donors (Lipinski definition) is 0. The molecule has 1 amide bonds. The number of methoxy groups -OCH3 is 2. The number of thiazole rings is 1. The van der Waals surface area contributed by atoms with Crippen LogP contribution in [0, 0.1) is 6.92 Å². The molecule has 130 valence electrons. The van der Waals surface area contributed by atoms with E-state index in [1.807, 2.05) is 27.8 Å². The normalized spacial score (nSPS) is 30.0. The van der Waals surface area contributed by atoms with Gasteiger partial charge in [0, 0.05) is 32.3 Å². The predicted molar refractivity (Wildman–Crippen MR) is 91.6 cm³/mol. The summed E-state index contributed by atoms with van der Waals surface area (Å²) in [5.41, 5.74) is 1.25. The van der Waals surface area contributed by atoms with Crippen LogP contribution in [0.25, 0.3) is 4.96 Å². The summed E-state index contributed by atoms with van der Waals surface area (Å²) in [5.74, 6) is 0.0547. The Morgan fingerprint density at radius 1 is 1.42 bits per heavy atom. The minimum absolute atomic E-state index is 0.0547. The van der Waals surface area contributed by atoms with Gasteiger partial charge in [-0.25, -0.2) is 4.98 Å². The highest BCUT2D eigenvalue weighted by atomic mass is 32.1. The Morgan fingerprint density at radius 2 is 2.25 bits per heavy atom. The van der Waals surface area contributed by atoms with Crippen LogP contribution in [0.1, 0.15) is 41.9 Å². The summed E-state index contributed by atoms with van der Waals surface area (Å²) in [5, 5.41) is 1.96. The van der Waals surface area contributed by atoms with Crippen LogP contribution >= 0.6 is 11.3 Å². The smallest absolute Gasteiger partial charge is 0.273 e. The highest BCUT2D eigenvalue weighted by molar-refractivity contribution is 7.15. The van der Waals surface area contributed by atoms with Crippen LogP contribution in [0.5, 0.6) is 0 Å². The van der Waals surface area contributed by atoms with Gasteiger partial charge < -0.3 is 14.4 Å². The minimum atomic E-state index is -0.225. The number of likely N-dealkylation sites (tertiary alicyclic amines) is 1. The Balaban J connectivity index is 1.69. The summed E-state index contributed by atoms with van der Waals surface area (Å²) in [6.07, 6.45) is 5.77. The zero-order valence-electron chi connectivity index (χ0n) is 14.3. The number of ether oxygens (including phenoxy) is 2. The molecule has 0 radical (unpaired) electrons. The van der Waals surface area contributed by atoms with Crippen molar-refractivity contribution >= 4 is 22.2 Å². The number of carbonyl (C=O) groups is 1. The topological polar surface area (TPSA) is 56.1 Å². The van der Waals surface area contributed by atoms with E-state index in [-0.39, 0.29) is 23.7 Å². The first-order chi connectivity index (χ1) is 11.6. The van der Waals surface area contributed by atoms with Gasteiger partial charge in [-0.05, 0) is 32.6 Å². The van der Waals surface area contributed by atoms with Crippen molar-refractivity contribution in [2.45, 2.75) is 50.4 Å². The number of rotatable bonds is 3. The molecule has 1 aliphatic heterocycles. The zero-order valence-corrected chi connectivity index (χ0v) is 15.1. The van der Waals surface area contributed by atoms with Crippen LogP contribution in [-0.2, 0) is 9.47 Å². The van der Waals surface area contributed by atoms with Crippen LogP contribution in [0.3, 0.4) is 0 Å². The average molecular weight is 349 g/mol. The van der Waals surface area contributed by atoms with Crippen molar-refractivity contribution in [3.8, 4) is 0 Å². The molecule has 2 aromatic rings. The molecule has 2 aromatic heterocycles. The molecule has 1 aliphatic carbocycles. The van der Waals surface area contributed by atoms with Gasteiger partial charge in [0.05, 0.1) is 23.4 Å². The van der Waals surface area contributed by atoms with Crippen LogP contribution in [0.4, 0.5) is 0 Å². The van der Waals surface area contributed by atoms with Crippen molar-refractivity contribution in [1.29, 1.82) is 0 Å². The number of carbonyl (C=O) groups excluding carboxylic acids is 1. The first kappa shape index (κ1) is 16.1. The summed E-state index contributed by atoms with van der Waals surface area (Å²) in [7, 11) is 3.52. The van der Waals surface area contributed by atoms with E-state index in [9.17, 15) is 4.79 Å². The van der Waals surface area contributed by atoms with E-state index >= 15 is 0 Å². The number of nitrogens with zero attached hydrogens (tertiary/aromatic N) is 3. The van der Waals surface area contributed by atoms with E-state index in [0.29, 0.717) is 5.69 Å². The number of hydrogen-bond acceptors (Lipinski definition) is 5. The lowest BCUT2D eigenvalue weighted by Crippen LogP contribution is -2.53. The van der Waals surface area contributed by atoms with E-state index in [1.165, 1.54) is 0 Å². The fraction of sp³-hybridized carbons (Fsp3) is 0.647. The molecule has 7 heteroatoms. The molecule has 0 N–H and O–H groups in total. The predicted octanol–water partition coefficient (Wildman–Crippen LogP) is 2.50. The van der Waals surface area contributed by atoms with Crippen LogP contribution in [0.2, 0.25) is 0 Å². The van der Waals surface area contributed by atoms with E-state index < -0.39 is 0 Å². The quantitative estimate of drug-likeness (QED) is 0.854. The van der Waals surface area contributed by atoms with Gasteiger partial charge in [0.1, 0.15) is 5.69 Å². The van der Waals surface area contributed by atoms with Crippen molar-refractivity contribution in [2.24, 2.45) is 0 Å². The standard InChI is InChI=1S/C17H23N3O3S/c1-11-14(20-8-9-24-16(20)18-11)15(21)19-7-6-17(23-3)5-4-12(22-2)10-13(17)19/h8-9,12-13H,4-7,10H2,1-3H3/t12-,13-,17+/m0/s1. The maximum absolute atomic E-state index is 13.3. The fourth-order valence-electron chi connectivity index (χ4n) is 4.41. The maximum Gasteiger partial charge on any atom is 0.273 e. The van der Waals surface area contributed by atoms with Crippen molar-refractivity contribution in [1.82, 2.24) is 14.3 Å². The molecule has 2 aliphatic rings. The third-order valence-corrected chi connectivity index (χ3v) is 6.53. The largest absolute Gasteiger partial charge is 0.381 e. The van der Waals surface area contributed by atoms with E-state index in [2.05, 4.69) is 4.98 Å². The van der Waals surface area contributed by atoms with Gasteiger partial charge in [-0.15, -0.1) is 11.3 Å². The number of aryl methyl sites for hydroxylation is 1. The molecule has 0 unspecified atom stereocenters. The number of fused-ring (bicyclic) bond motifs is 2. The Bertz CT molecular complexity index is 770. The second-order valence-electron chi connectivity index (χ2n) is 6.77. The van der Waals surface area contributed by atoms with Gasteiger partial charge in [0.25, 0.3) is 5.91 Å². The summed E-state index contributed by atoms with van der Waals surface area (Å²) < 4.78 is 13.4. The van der Waals surface area contributed by atoms with Crippen LogP contribution in [0.15, 0.2) is 11.6 Å². The molecule has 24 heavy (non-hydrogen) atoms. The molecule has 0 spiro atoms. The zero-order chi connectivity index (χ0) is 16.9. The molecule has 0 aromatic carbocycles. The van der Waals surface area contributed by atoms with Gasteiger partial charge in [0.15, 0.2) is 4.96 Å². The molecule has 4 rings (SSSR count). The van der Waals surface area contributed by atoms with Gasteiger partial charge in [0.2, 0.25) is 0 Å². The van der Waals surface area contributed by atoms with E-state index in [0.717, 1.165) is 42.9 Å². The highest BCUT2D eigenvalue weighted by Crippen LogP contribution is 2.43. The van der Waals surface area contributed by atoms with Gasteiger partial charge >= 0.3 is 0 Å². The third kappa shape index (κ3) is 2.22. The van der Waals surface area contributed by atoms with Crippen molar-refractivity contribution < 1.29 is 14.3 Å². The maximum atomic E-state index is 13.3. The fourth-order valence-corrected chi connectivity index (χ4v) is 5.17. The first-order valence-corrected chi connectivity index (χ1v) is 9.28. The average Bonchev–Trinajstić information content (AvgIpc) is 3.25. The monoisotopic (exact) mass is 349 g/mol. The Labute approximate surface area is 145 Å². The van der Waals surface area contributed by atoms with E-state index in [4.69, 9.17) is 9.47 Å². The Kier molecular flexibility index (Phi) is 3.89. The van der Waals surface area contributed by atoms with Gasteiger partial charge in [-0.3, -0.25) is 9.20 Å². The lowest BCUT2D eigenvalue weighted by atomic mass is 9.79. The SMILES string of the molecule is CO[C@H]1CC[C@@]2(OC)CCN(C(=O)c3c(C)nc4sccn34)[C@H]2C1. The summed E-state index contributed by atoms with van der Waals surface area (Å²) in [4.78, 5) is 20.7. The summed E-state index contributed by atoms with van der Waals surface area (Å²) >= 11 is 1.55. The number of aromatic nitrogens is 2.